The van der Waals surface area contributed by atoms with Gasteiger partial charge in [-0.05, 0) is 34.2 Å². The summed E-state index contributed by atoms with van der Waals surface area (Å²) in [4.78, 5) is 17.2. The van der Waals surface area contributed by atoms with E-state index in [1.165, 1.54) is 0 Å². The largest absolute Gasteiger partial charge is 0.524 e. The number of Topliss-reactive ketones (excluding diaryl/α,β-unsaturated/α-hetero) is 1. The van der Waals surface area contributed by atoms with Crippen molar-refractivity contribution in [2.24, 2.45) is 5.73 Å². The second-order valence-electron chi connectivity index (χ2n) is 8.56. The van der Waals surface area contributed by atoms with Crippen LogP contribution in [0.4, 0.5) is 0 Å². The molecule has 0 spiro atoms. The number of benzene rings is 2. The van der Waals surface area contributed by atoms with Gasteiger partial charge >= 0.3 is 6.69 Å². The molecular weight excluding hydrogens is 377 g/mol. The van der Waals surface area contributed by atoms with E-state index in [4.69, 9.17) is 5.73 Å². The number of aromatic nitrogens is 1. The molecule has 0 amide bonds. The molecule has 30 heavy (non-hydrogen) atoms. The molecule has 0 fully saturated rings. The lowest BCUT2D eigenvalue weighted by atomic mass is 9.57. The van der Waals surface area contributed by atoms with Crippen LogP contribution in [0.5, 0.6) is 0 Å². The molecule has 3 aromatic rings. The second kappa shape index (κ2) is 7.45. The summed E-state index contributed by atoms with van der Waals surface area (Å²) >= 11 is 0. The van der Waals surface area contributed by atoms with Crippen LogP contribution in [0, 0.1) is 0 Å². The summed E-state index contributed by atoms with van der Waals surface area (Å²) < 4.78 is -0.0658. The fourth-order valence-corrected chi connectivity index (χ4v) is 4.07. The molecule has 0 saturated heterocycles. The molecule has 0 unspecified atom stereocenters. The average Bonchev–Trinajstić information content (AvgIpc) is 2.72. The van der Waals surface area contributed by atoms with Crippen LogP contribution in [0.3, 0.4) is 0 Å². The van der Waals surface area contributed by atoms with E-state index >= 15 is 0 Å². The molecule has 1 aliphatic rings. The normalized spacial score (nSPS) is 17.5. The van der Waals surface area contributed by atoms with Gasteiger partial charge in [-0.15, -0.1) is 0 Å². The molecule has 4 rings (SSSR count). The van der Waals surface area contributed by atoms with Gasteiger partial charge in [0, 0.05) is 44.8 Å². The summed E-state index contributed by atoms with van der Waals surface area (Å²) in [6.45, 7) is -2.69. The van der Waals surface area contributed by atoms with Crippen molar-refractivity contribution in [1.82, 2.24) is 4.98 Å². The highest BCUT2D eigenvalue weighted by molar-refractivity contribution is 6.73. The van der Waals surface area contributed by atoms with Gasteiger partial charge < -0.3 is 20.2 Å². The molecule has 1 atom stereocenters. The van der Waals surface area contributed by atoms with Crippen LogP contribution in [0.25, 0.3) is 16.8 Å². The summed E-state index contributed by atoms with van der Waals surface area (Å²) in [6.07, 6.45) is 7.41. The molecule has 1 aliphatic heterocycles. The van der Waals surface area contributed by atoms with Gasteiger partial charge in [-0.1, -0.05) is 41.9 Å². The van der Waals surface area contributed by atoms with Crippen LogP contribution in [-0.2, 0) is 11.2 Å². The average molecular weight is 403 g/mol. The van der Waals surface area contributed by atoms with Crippen LogP contribution in [0.1, 0.15) is 22.6 Å². The Bertz CT molecular complexity index is 1160. The van der Waals surface area contributed by atoms with Crippen LogP contribution < -0.4 is 11.2 Å². The maximum atomic E-state index is 13.1. The Kier molecular flexibility index (Phi) is 5.07. The van der Waals surface area contributed by atoms with E-state index in [0.29, 0.717) is 11.0 Å². The predicted molar refractivity (Wildman–Crippen MR) is 120 cm³/mol. The third-order valence-corrected chi connectivity index (χ3v) is 6.20. The highest BCUT2D eigenvalue weighted by Crippen LogP contribution is 2.25. The van der Waals surface area contributed by atoms with Gasteiger partial charge in [-0.3, -0.25) is 9.78 Å². The first kappa shape index (κ1) is 20.4. The molecule has 0 aliphatic carbocycles. The van der Waals surface area contributed by atoms with Crippen molar-refractivity contribution in [3.8, 4) is 0 Å². The molecular formula is C23H26BN3O3. The SMILES string of the molecule is C[N+]1(C)C=Cc2ccc([C@@H](CN)C(=O)Cc3ccc4cnccc4c3)cc2[B-]1(O)O. The van der Waals surface area contributed by atoms with E-state index in [9.17, 15) is 14.8 Å². The van der Waals surface area contributed by atoms with Crippen molar-refractivity contribution in [2.45, 2.75) is 12.3 Å². The highest BCUT2D eigenvalue weighted by atomic mass is 16.4. The van der Waals surface area contributed by atoms with Crippen molar-refractivity contribution >= 4 is 34.8 Å². The molecule has 2 aromatic carbocycles. The number of rotatable bonds is 5. The van der Waals surface area contributed by atoms with Crippen LogP contribution in [0.15, 0.2) is 61.1 Å². The van der Waals surface area contributed by atoms with Gasteiger partial charge in [-0.25, -0.2) is 0 Å². The smallest absolute Gasteiger partial charge is 0.502 e. The van der Waals surface area contributed by atoms with Crippen molar-refractivity contribution in [1.29, 1.82) is 0 Å². The zero-order chi connectivity index (χ0) is 21.5. The monoisotopic (exact) mass is 403 g/mol. The van der Waals surface area contributed by atoms with E-state index in [2.05, 4.69) is 4.98 Å². The Labute approximate surface area is 175 Å². The maximum absolute atomic E-state index is 13.1. The number of pyridine rings is 1. The highest BCUT2D eigenvalue weighted by Gasteiger charge is 2.44. The van der Waals surface area contributed by atoms with Crippen LogP contribution in [0.2, 0.25) is 0 Å². The predicted octanol–water partition coefficient (Wildman–Crippen LogP) is 1.28. The molecule has 6 nitrogen and oxygen atoms in total. The van der Waals surface area contributed by atoms with Crippen molar-refractivity contribution in [3.63, 3.8) is 0 Å². The third kappa shape index (κ3) is 3.46. The van der Waals surface area contributed by atoms with E-state index in [-0.39, 0.29) is 23.1 Å². The van der Waals surface area contributed by atoms with Gasteiger partial charge in [-0.2, -0.15) is 0 Å². The topological polar surface area (TPSA) is 96.4 Å². The Balaban J connectivity index is 1.64. The lowest BCUT2D eigenvalue weighted by molar-refractivity contribution is -0.750. The number of nitrogens with zero attached hydrogens (tertiary/aromatic N) is 2. The number of hydrogen-bond acceptors (Lipinski definition) is 5. The van der Waals surface area contributed by atoms with Gasteiger partial charge in [0.25, 0.3) is 0 Å². The summed E-state index contributed by atoms with van der Waals surface area (Å²) in [6, 6.07) is 13.2. The summed E-state index contributed by atoms with van der Waals surface area (Å²) in [5.74, 6) is -0.517. The van der Waals surface area contributed by atoms with Crippen LogP contribution in [-0.4, -0.2) is 52.5 Å². The van der Waals surface area contributed by atoms with Crippen molar-refractivity contribution < 1.29 is 19.2 Å². The Morgan fingerprint density at radius 1 is 1.13 bits per heavy atom. The third-order valence-electron chi connectivity index (χ3n) is 6.20. The van der Waals surface area contributed by atoms with E-state index in [0.717, 1.165) is 21.9 Å². The van der Waals surface area contributed by atoms with Crippen molar-refractivity contribution in [2.75, 3.05) is 20.6 Å². The van der Waals surface area contributed by atoms with Gasteiger partial charge in [0.2, 0.25) is 0 Å². The molecule has 0 radical (unpaired) electrons. The molecule has 4 N–H and O–H groups in total. The second-order valence-corrected chi connectivity index (χ2v) is 8.56. The van der Waals surface area contributed by atoms with Crippen LogP contribution >= 0.6 is 0 Å². The zero-order valence-electron chi connectivity index (χ0n) is 17.2. The Morgan fingerprint density at radius 3 is 2.70 bits per heavy atom. The standard InChI is InChI=1S/C23H26BN3O3/c1-27(2)10-8-17-5-6-19(13-22(17)24(27,29)30)21(14-25)23(28)12-16-3-4-20-15-26-9-7-18(20)11-16/h3-11,13,15,21,29-30H,12,14,25H2,1-2H3/t21-/m1/s1. The first-order valence-electron chi connectivity index (χ1n) is 10.0. The number of hydrogen-bond donors (Lipinski definition) is 3. The first-order chi connectivity index (χ1) is 14.2. The number of carbonyl (C=O) groups is 1. The minimum atomic E-state index is -2.85. The van der Waals surface area contributed by atoms with E-state index in [1.54, 1.807) is 38.8 Å². The van der Waals surface area contributed by atoms with Gasteiger partial charge in [0.1, 0.15) is 5.78 Å². The number of nitrogens with two attached hydrogens (primary N) is 1. The molecule has 154 valence electrons. The summed E-state index contributed by atoms with van der Waals surface area (Å²) in [5.41, 5.74) is 8.78. The van der Waals surface area contributed by atoms with Crippen molar-refractivity contribution in [3.05, 3.63) is 77.7 Å². The van der Waals surface area contributed by atoms with Gasteiger partial charge in [0.05, 0.1) is 12.1 Å². The minimum absolute atomic E-state index is 0.0000581. The maximum Gasteiger partial charge on any atom is 0.502 e. The minimum Gasteiger partial charge on any atom is -0.524 e. The molecule has 1 aromatic heterocycles. The van der Waals surface area contributed by atoms with E-state index in [1.807, 2.05) is 42.5 Å². The van der Waals surface area contributed by atoms with E-state index < -0.39 is 12.6 Å². The number of fused-ring (bicyclic) bond motifs is 2. The molecule has 0 bridgehead atoms. The number of quaternary nitrogens is 1. The lowest BCUT2D eigenvalue weighted by Crippen LogP contribution is -2.71. The molecule has 2 heterocycles. The summed E-state index contributed by atoms with van der Waals surface area (Å²) in [5, 5.41) is 23.7. The number of carbonyl (C=O) groups excluding carboxylic acids is 1. The first-order valence-corrected chi connectivity index (χ1v) is 10.0. The fourth-order valence-electron chi connectivity index (χ4n) is 4.07. The lowest BCUT2D eigenvalue weighted by Gasteiger charge is -2.48. The molecule has 7 heteroatoms. The molecule has 0 saturated carbocycles. The quantitative estimate of drug-likeness (QED) is 0.558. The zero-order valence-corrected chi connectivity index (χ0v) is 17.2. The Morgan fingerprint density at radius 2 is 1.93 bits per heavy atom. The summed E-state index contributed by atoms with van der Waals surface area (Å²) in [7, 11) is 3.46. The fraction of sp³-hybridized carbons (Fsp3) is 0.217. The van der Waals surface area contributed by atoms with Gasteiger partial charge in [0.15, 0.2) is 0 Å². The number of ketones is 1. The Hall–Kier alpha value is -2.84.